The van der Waals surface area contributed by atoms with Gasteiger partial charge in [-0.15, -0.1) is 11.6 Å². The van der Waals surface area contributed by atoms with Crippen molar-refractivity contribution in [2.75, 3.05) is 7.11 Å². The van der Waals surface area contributed by atoms with Crippen LogP contribution in [0.25, 0.3) is 16.7 Å². The molecule has 0 unspecified atom stereocenters. The topological polar surface area (TPSA) is 27.1 Å². The summed E-state index contributed by atoms with van der Waals surface area (Å²) in [6.45, 7) is 0. The second kappa shape index (κ2) is 5.99. The molecule has 0 spiro atoms. The van der Waals surface area contributed by atoms with E-state index in [9.17, 15) is 0 Å². The van der Waals surface area contributed by atoms with E-state index < -0.39 is 0 Å². The summed E-state index contributed by atoms with van der Waals surface area (Å²) in [5, 5.41) is 0. The molecule has 1 aromatic heterocycles. The van der Waals surface area contributed by atoms with E-state index in [4.69, 9.17) is 16.3 Å². The lowest BCUT2D eigenvalue weighted by molar-refractivity contribution is 0.415. The molecule has 0 aliphatic rings. The maximum Gasteiger partial charge on any atom is 0.129 e. The molecule has 0 aliphatic heterocycles. The van der Waals surface area contributed by atoms with Crippen LogP contribution in [0.5, 0.6) is 5.75 Å². The van der Waals surface area contributed by atoms with E-state index in [-0.39, 0.29) is 0 Å². The van der Waals surface area contributed by atoms with Gasteiger partial charge in [0.25, 0.3) is 0 Å². The number of hydrogen-bond acceptors (Lipinski definition) is 2. The molecular weight excluding hydrogens is 419 g/mol. The first-order valence-corrected chi connectivity index (χ1v) is 8.33. The Labute approximate surface area is 144 Å². The molecule has 0 bridgehead atoms. The minimum absolute atomic E-state index is 0.329. The fraction of sp³-hybridized carbons (Fsp3) is 0.133. The Morgan fingerprint density at radius 2 is 2.00 bits per heavy atom. The zero-order valence-electron chi connectivity index (χ0n) is 11.1. The molecule has 3 aromatic rings. The van der Waals surface area contributed by atoms with Crippen molar-refractivity contribution < 1.29 is 4.74 Å². The molecule has 0 fully saturated rings. The van der Waals surface area contributed by atoms with Gasteiger partial charge in [-0.25, -0.2) is 4.98 Å². The van der Waals surface area contributed by atoms with Crippen molar-refractivity contribution in [1.82, 2.24) is 9.55 Å². The number of nitrogens with zero attached hydrogens (tertiary/aromatic N) is 2. The first kappa shape index (κ1) is 14.9. The van der Waals surface area contributed by atoms with Crippen LogP contribution in [0.15, 0.2) is 45.3 Å². The third-order valence-corrected chi connectivity index (χ3v) is 4.60. The minimum atomic E-state index is 0.329. The van der Waals surface area contributed by atoms with E-state index in [0.717, 1.165) is 37.2 Å². The molecule has 0 saturated heterocycles. The lowest BCUT2D eigenvalue weighted by Crippen LogP contribution is -2.00. The van der Waals surface area contributed by atoms with Crippen LogP contribution >= 0.6 is 43.5 Å². The molecule has 3 rings (SSSR count). The number of methoxy groups -OCH3 is 1. The Morgan fingerprint density at radius 3 is 2.71 bits per heavy atom. The zero-order valence-corrected chi connectivity index (χ0v) is 15.0. The molecule has 0 saturated carbocycles. The van der Waals surface area contributed by atoms with Gasteiger partial charge in [-0.1, -0.05) is 15.9 Å². The third kappa shape index (κ3) is 2.70. The van der Waals surface area contributed by atoms with Gasteiger partial charge in [-0.3, -0.25) is 4.57 Å². The number of ether oxygens (including phenoxy) is 1. The van der Waals surface area contributed by atoms with Gasteiger partial charge in [0.05, 0.1) is 29.7 Å². The number of rotatable bonds is 3. The average Bonchev–Trinajstić information content (AvgIpc) is 2.87. The molecule has 6 heteroatoms. The number of imidazole rings is 1. The van der Waals surface area contributed by atoms with Crippen LogP contribution in [0.2, 0.25) is 0 Å². The minimum Gasteiger partial charge on any atom is -0.497 e. The van der Waals surface area contributed by atoms with Crippen molar-refractivity contribution in [1.29, 1.82) is 0 Å². The summed E-state index contributed by atoms with van der Waals surface area (Å²) in [6, 6.07) is 11.8. The largest absolute Gasteiger partial charge is 0.497 e. The maximum atomic E-state index is 6.08. The first-order valence-electron chi connectivity index (χ1n) is 6.21. The Bertz CT molecular complexity index is 817. The fourth-order valence-corrected chi connectivity index (χ4v) is 3.20. The number of fused-ring (bicyclic) bond motifs is 1. The van der Waals surface area contributed by atoms with Crippen LogP contribution < -0.4 is 4.74 Å². The van der Waals surface area contributed by atoms with Crippen molar-refractivity contribution >= 4 is 54.5 Å². The van der Waals surface area contributed by atoms with E-state index in [1.807, 2.05) is 41.0 Å². The van der Waals surface area contributed by atoms with Gasteiger partial charge in [0.15, 0.2) is 0 Å². The summed E-state index contributed by atoms with van der Waals surface area (Å²) < 4.78 is 9.32. The van der Waals surface area contributed by atoms with Gasteiger partial charge in [0.1, 0.15) is 11.6 Å². The lowest BCUT2D eigenvalue weighted by atomic mass is 10.2. The summed E-state index contributed by atoms with van der Waals surface area (Å²) in [5.74, 6) is 1.91. The Morgan fingerprint density at radius 1 is 1.19 bits per heavy atom. The number of aromatic nitrogens is 2. The Kier molecular flexibility index (Phi) is 4.24. The van der Waals surface area contributed by atoms with Crippen LogP contribution in [-0.2, 0) is 5.88 Å². The molecule has 0 N–H and O–H groups in total. The number of benzene rings is 2. The summed E-state index contributed by atoms with van der Waals surface area (Å²) in [4.78, 5) is 4.59. The van der Waals surface area contributed by atoms with E-state index in [1.165, 1.54) is 0 Å². The summed E-state index contributed by atoms with van der Waals surface area (Å²) in [7, 11) is 1.65. The van der Waals surface area contributed by atoms with Crippen LogP contribution in [0.1, 0.15) is 5.82 Å². The highest BCUT2D eigenvalue weighted by Crippen LogP contribution is 2.31. The highest BCUT2D eigenvalue weighted by molar-refractivity contribution is 9.11. The van der Waals surface area contributed by atoms with Crippen molar-refractivity contribution in [2.45, 2.75) is 5.88 Å². The SMILES string of the molecule is COc1ccc2nc(CCl)n(-c3cc(Br)ccc3Br)c2c1. The van der Waals surface area contributed by atoms with E-state index in [2.05, 4.69) is 36.8 Å². The van der Waals surface area contributed by atoms with Crippen LogP contribution in [-0.4, -0.2) is 16.7 Å². The van der Waals surface area contributed by atoms with Gasteiger partial charge in [0.2, 0.25) is 0 Å². The number of halogens is 3. The van der Waals surface area contributed by atoms with Gasteiger partial charge in [0, 0.05) is 15.0 Å². The summed E-state index contributed by atoms with van der Waals surface area (Å²) in [5.41, 5.74) is 2.83. The molecule has 108 valence electrons. The molecule has 21 heavy (non-hydrogen) atoms. The number of hydrogen-bond donors (Lipinski definition) is 0. The molecule has 0 radical (unpaired) electrons. The van der Waals surface area contributed by atoms with E-state index >= 15 is 0 Å². The normalized spacial score (nSPS) is 11.0. The monoisotopic (exact) mass is 428 g/mol. The molecule has 0 atom stereocenters. The number of alkyl halides is 1. The fourth-order valence-electron chi connectivity index (χ4n) is 2.25. The molecular formula is C15H11Br2ClN2O. The molecule has 2 aromatic carbocycles. The standard InChI is InChI=1S/C15H11Br2ClN2O/c1-21-10-3-5-12-14(7-10)20(15(8-18)19-12)13-6-9(16)2-4-11(13)17/h2-7H,8H2,1H3. The predicted molar refractivity (Wildman–Crippen MR) is 92.6 cm³/mol. The molecule has 0 amide bonds. The lowest BCUT2D eigenvalue weighted by Gasteiger charge is -2.11. The van der Waals surface area contributed by atoms with Crippen LogP contribution in [0.4, 0.5) is 0 Å². The highest BCUT2D eigenvalue weighted by Gasteiger charge is 2.15. The van der Waals surface area contributed by atoms with Crippen molar-refractivity contribution in [2.24, 2.45) is 0 Å². The van der Waals surface area contributed by atoms with Gasteiger partial charge in [-0.2, -0.15) is 0 Å². The average molecular weight is 431 g/mol. The summed E-state index contributed by atoms with van der Waals surface area (Å²) in [6.07, 6.45) is 0. The molecule has 1 heterocycles. The first-order chi connectivity index (χ1) is 10.1. The smallest absolute Gasteiger partial charge is 0.129 e. The maximum absolute atomic E-state index is 6.08. The second-order valence-electron chi connectivity index (χ2n) is 4.45. The van der Waals surface area contributed by atoms with Crippen molar-refractivity contribution in [3.63, 3.8) is 0 Å². The highest BCUT2D eigenvalue weighted by atomic mass is 79.9. The quantitative estimate of drug-likeness (QED) is 0.528. The van der Waals surface area contributed by atoms with Crippen molar-refractivity contribution in [3.05, 3.63) is 51.2 Å². The van der Waals surface area contributed by atoms with Gasteiger partial charge >= 0.3 is 0 Å². The van der Waals surface area contributed by atoms with Crippen LogP contribution in [0.3, 0.4) is 0 Å². The van der Waals surface area contributed by atoms with Gasteiger partial charge < -0.3 is 4.74 Å². The molecule has 0 aliphatic carbocycles. The zero-order chi connectivity index (χ0) is 15.0. The Hall–Kier alpha value is -1.04. The predicted octanol–water partition coefficient (Wildman–Crippen LogP) is 5.30. The second-order valence-corrected chi connectivity index (χ2v) is 6.48. The third-order valence-electron chi connectivity index (χ3n) is 3.20. The van der Waals surface area contributed by atoms with Gasteiger partial charge in [-0.05, 0) is 46.3 Å². The summed E-state index contributed by atoms with van der Waals surface area (Å²) >= 11 is 13.2. The van der Waals surface area contributed by atoms with E-state index in [0.29, 0.717) is 5.88 Å². The van der Waals surface area contributed by atoms with Crippen molar-refractivity contribution in [3.8, 4) is 11.4 Å². The van der Waals surface area contributed by atoms with E-state index in [1.54, 1.807) is 7.11 Å². The van der Waals surface area contributed by atoms with Crippen LogP contribution in [0, 0.1) is 0 Å². The Balaban J connectivity index is 2.36. The molecule has 3 nitrogen and oxygen atoms in total.